The summed E-state index contributed by atoms with van der Waals surface area (Å²) in [6.07, 6.45) is 0. The van der Waals surface area contributed by atoms with E-state index >= 15 is 0 Å². The van der Waals surface area contributed by atoms with Crippen LogP contribution in [0.15, 0.2) is 24.3 Å². The van der Waals surface area contributed by atoms with Crippen LogP contribution in [0.2, 0.25) is 0 Å². The summed E-state index contributed by atoms with van der Waals surface area (Å²) in [5, 5.41) is 4.14. The molecule has 2 rings (SSSR count). The number of nitrogens with zero attached hydrogens (tertiary/aromatic N) is 3. The van der Waals surface area contributed by atoms with E-state index in [0.29, 0.717) is 12.4 Å². The molecule has 106 valence electrons. The van der Waals surface area contributed by atoms with Gasteiger partial charge in [-0.25, -0.2) is 9.48 Å². The number of esters is 1. The standard InChI is InChI=1S/C14H17N3O3/c1-4-19-12(18)9-20-14-15-13(17(3)16-14)11-8-6-5-7-10(11)2/h5-8H,4,9H2,1-3H3. The fourth-order valence-electron chi connectivity index (χ4n) is 1.81. The molecule has 1 heterocycles. The van der Waals surface area contributed by atoms with Crippen molar-refractivity contribution in [1.82, 2.24) is 14.8 Å². The van der Waals surface area contributed by atoms with Gasteiger partial charge in [-0.2, -0.15) is 4.98 Å². The Morgan fingerprint density at radius 1 is 1.35 bits per heavy atom. The van der Waals surface area contributed by atoms with Crippen LogP contribution < -0.4 is 4.74 Å². The Morgan fingerprint density at radius 3 is 2.80 bits per heavy atom. The van der Waals surface area contributed by atoms with E-state index in [1.165, 1.54) is 0 Å². The van der Waals surface area contributed by atoms with Crippen LogP contribution in [-0.4, -0.2) is 33.9 Å². The predicted octanol–water partition coefficient (Wildman–Crippen LogP) is 1.73. The quantitative estimate of drug-likeness (QED) is 0.777. The largest absolute Gasteiger partial charge is 0.463 e. The SMILES string of the molecule is CCOC(=O)COc1nc(-c2ccccc2C)n(C)n1. The number of rotatable bonds is 5. The summed E-state index contributed by atoms with van der Waals surface area (Å²) in [6, 6.07) is 8.04. The third-order valence-electron chi connectivity index (χ3n) is 2.75. The molecule has 0 unspecified atom stereocenters. The zero-order valence-electron chi connectivity index (χ0n) is 11.8. The third-order valence-corrected chi connectivity index (χ3v) is 2.75. The highest BCUT2D eigenvalue weighted by molar-refractivity contribution is 5.71. The van der Waals surface area contributed by atoms with Crippen molar-refractivity contribution in [2.24, 2.45) is 7.05 Å². The molecule has 6 nitrogen and oxygen atoms in total. The molecule has 0 saturated heterocycles. The van der Waals surface area contributed by atoms with Crippen molar-refractivity contribution >= 4 is 5.97 Å². The maximum absolute atomic E-state index is 11.2. The van der Waals surface area contributed by atoms with Crippen LogP contribution in [0, 0.1) is 6.92 Å². The van der Waals surface area contributed by atoms with E-state index in [0.717, 1.165) is 11.1 Å². The molecule has 20 heavy (non-hydrogen) atoms. The van der Waals surface area contributed by atoms with Crippen molar-refractivity contribution < 1.29 is 14.3 Å². The van der Waals surface area contributed by atoms with Crippen molar-refractivity contribution in [2.75, 3.05) is 13.2 Å². The van der Waals surface area contributed by atoms with Gasteiger partial charge in [0.25, 0.3) is 0 Å². The zero-order valence-corrected chi connectivity index (χ0v) is 11.8. The molecule has 0 atom stereocenters. The van der Waals surface area contributed by atoms with Gasteiger partial charge in [0, 0.05) is 12.6 Å². The molecular weight excluding hydrogens is 258 g/mol. The molecule has 0 fully saturated rings. The van der Waals surface area contributed by atoms with Crippen molar-refractivity contribution in [3.8, 4) is 17.4 Å². The van der Waals surface area contributed by atoms with Gasteiger partial charge in [-0.15, -0.1) is 5.10 Å². The van der Waals surface area contributed by atoms with Gasteiger partial charge in [0.2, 0.25) is 0 Å². The van der Waals surface area contributed by atoms with Crippen LogP contribution in [0.5, 0.6) is 6.01 Å². The minimum absolute atomic E-state index is 0.166. The fraction of sp³-hybridized carbons (Fsp3) is 0.357. The molecule has 0 aliphatic rings. The lowest BCUT2D eigenvalue weighted by Crippen LogP contribution is -2.15. The summed E-state index contributed by atoms with van der Waals surface area (Å²) < 4.78 is 11.6. The molecule has 1 aromatic heterocycles. The van der Waals surface area contributed by atoms with Crippen molar-refractivity contribution in [1.29, 1.82) is 0 Å². The summed E-state index contributed by atoms with van der Waals surface area (Å²) in [4.78, 5) is 15.5. The lowest BCUT2D eigenvalue weighted by molar-refractivity contribution is -0.145. The molecular formula is C14H17N3O3. The molecule has 0 saturated carbocycles. The highest BCUT2D eigenvalue weighted by Crippen LogP contribution is 2.22. The molecule has 0 aliphatic carbocycles. The Bertz CT molecular complexity index is 607. The van der Waals surface area contributed by atoms with Gasteiger partial charge in [0.1, 0.15) is 0 Å². The van der Waals surface area contributed by atoms with Gasteiger partial charge < -0.3 is 9.47 Å². The van der Waals surface area contributed by atoms with E-state index < -0.39 is 5.97 Å². The summed E-state index contributed by atoms with van der Waals surface area (Å²) in [6.45, 7) is 3.88. The number of carbonyl (C=O) groups excluding carboxylic acids is 1. The van der Waals surface area contributed by atoms with E-state index in [1.807, 2.05) is 31.2 Å². The minimum atomic E-state index is -0.433. The van der Waals surface area contributed by atoms with Gasteiger partial charge >= 0.3 is 12.0 Å². The van der Waals surface area contributed by atoms with Crippen LogP contribution in [0.4, 0.5) is 0 Å². The predicted molar refractivity (Wildman–Crippen MR) is 73.3 cm³/mol. The summed E-state index contributed by atoms with van der Waals surface area (Å²) in [5.74, 6) is 0.263. The topological polar surface area (TPSA) is 66.2 Å². The average Bonchev–Trinajstić information content (AvgIpc) is 2.79. The molecule has 1 aromatic carbocycles. The zero-order chi connectivity index (χ0) is 14.5. The first kappa shape index (κ1) is 14.0. The van der Waals surface area contributed by atoms with E-state index in [2.05, 4.69) is 10.1 Å². The highest BCUT2D eigenvalue weighted by atomic mass is 16.6. The normalized spacial score (nSPS) is 10.3. The first-order chi connectivity index (χ1) is 9.61. The molecule has 0 amide bonds. The Hall–Kier alpha value is -2.37. The molecule has 6 heteroatoms. The van der Waals surface area contributed by atoms with Gasteiger partial charge in [-0.05, 0) is 19.4 Å². The van der Waals surface area contributed by atoms with E-state index in [1.54, 1.807) is 18.7 Å². The summed E-state index contributed by atoms with van der Waals surface area (Å²) in [7, 11) is 1.78. The highest BCUT2D eigenvalue weighted by Gasteiger charge is 2.13. The minimum Gasteiger partial charge on any atom is -0.463 e. The summed E-state index contributed by atoms with van der Waals surface area (Å²) >= 11 is 0. The lowest BCUT2D eigenvalue weighted by atomic mass is 10.1. The second-order valence-corrected chi connectivity index (χ2v) is 4.25. The molecule has 0 aliphatic heterocycles. The smallest absolute Gasteiger partial charge is 0.344 e. The fourth-order valence-corrected chi connectivity index (χ4v) is 1.81. The number of carbonyl (C=O) groups is 1. The third kappa shape index (κ3) is 3.14. The molecule has 0 spiro atoms. The van der Waals surface area contributed by atoms with Crippen LogP contribution in [0.1, 0.15) is 12.5 Å². The lowest BCUT2D eigenvalue weighted by Gasteiger charge is -2.02. The first-order valence-electron chi connectivity index (χ1n) is 6.37. The monoisotopic (exact) mass is 275 g/mol. The Labute approximate surface area is 117 Å². The van der Waals surface area contributed by atoms with Crippen LogP contribution in [0.25, 0.3) is 11.4 Å². The number of aromatic nitrogens is 3. The second kappa shape index (κ2) is 6.18. The molecule has 2 aromatic rings. The molecule has 0 radical (unpaired) electrons. The average molecular weight is 275 g/mol. The second-order valence-electron chi connectivity index (χ2n) is 4.25. The van der Waals surface area contributed by atoms with Gasteiger partial charge in [0.15, 0.2) is 12.4 Å². The summed E-state index contributed by atoms with van der Waals surface area (Å²) in [5.41, 5.74) is 2.08. The number of aryl methyl sites for hydroxylation is 2. The molecule has 0 N–H and O–H groups in total. The number of hydrogen-bond donors (Lipinski definition) is 0. The van der Waals surface area contributed by atoms with Crippen molar-refractivity contribution in [3.05, 3.63) is 29.8 Å². The Morgan fingerprint density at radius 2 is 2.10 bits per heavy atom. The Kier molecular flexibility index (Phi) is 4.34. The number of hydrogen-bond acceptors (Lipinski definition) is 5. The van der Waals surface area contributed by atoms with Crippen LogP contribution in [-0.2, 0) is 16.6 Å². The Balaban J connectivity index is 2.14. The van der Waals surface area contributed by atoms with Gasteiger partial charge in [-0.3, -0.25) is 0 Å². The van der Waals surface area contributed by atoms with Crippen LogP contribution in [0.3, 0.4) is 0 Å². The van der Waals surface area contributed by atoms with E-state index in [4.69, 9.17) is 9.47 Å². The van der Waals surface area contributed by atoms with Gasteiger partial charge in [-0.1, -0.05) is 24.3 Å². The van der Waals surface area contributed by atoms with Crippen LogP contribution >= 0.6 is 0 Å². The number of ether oxygens (including phenoxy) is 2. The number of benzene rings is 1. The van der Waals surface area contributed by atoms with E-state index in [-0.39, 0.29) is 12.6 Å². The first-order valence-corrected chi connectivity index (χ1v) is 6.37. The van der Waals surface area contributed by atoms with Gasteiger partial charge in [0.05, 0.1) is 6.61 Å². The maximum atomic E-state index is 11.2. The molecule has 0 bridgehead atoms. The van der Waals surface area contributed by atoms with Crippen molar-refractivity contribution in [2.45, 2.75) is 13.8 Å². The van der Waals surface area contributed by atoms with Crippen molar-refractivity contribution in [3.63, 3.8) is 0 Å². The maximum Gasteiger partial charge on any atom is 0.344 e. The van der Waals surface area contributed by atoms with E-state index in [9.17, 15) is 4.79 Å².